The molecular formula is C19H20O2. The van der Waals surface area contributed by atoms with E-state index < -0.39 is 0 Å². The predicted octanol–water partition coefficient (Wildman–Crippen LogP) is 3.97. The van der Waals surface area contributed by atoms with Crippen LogP contribution in [0.4, 0.5) is 0 Å². The molecule has 1 aromatic rings. The van der Waals surface area contributed by atoms with Crippen LogP contribution in [0.3, 0.4) is 0 Å². The Bertz CT molecular complexity index is 628. The van der Waals surface area contributed by atoms with Gasteiger partial charge in [-0.05, 0) is 25.2 Å². The second-order valence-electron chi connectivity index (χ2n) is 6.86. The zero-order chi connectivity index (χ0) is 14.4. The summed E-state index contributed by atoms with van der Waals surface area (Å²) in [5.41, 5.74) is 1.58. The van der Waals surface area contributed by atoms with E-state index in [1.165, 1.54) is 12.8 Å². The van der Waals surface area contributed by atoms with Gasteiger partial charge in [0.15, 0.2) is 5.78 Å². The number of Topliss-reactive ketones (excluding diaryl/α,β-unsaturated/α-hetero) is 2. The number of rotatable bonds is 2. The van der Waals surface area contributed by atoms with Crippen LogP contribution in [0.15, 0.2) is 42.0 Å². The van der Waals surface area contributed by atoms with Crippen molar-refractivity contribution in [2.24, 2.45) is 17.3 Å². The topological polar surface area (TPSA) is 34.1 Å². The highest BCUT2D eigenvalue weighted by molar-refractivity contribution is 6.11. The fraction of sp³-hybridized carbons (Fsp3) is 0.474. The molecule has 0 aromatic heterocycles. The second-order valence-corrected chi connectivity index (χ2v) is 6.86. The van der Waals surface area contributed by atoms with Crippen LogP contribution in [0, 0.1) is 17.3 Å². The molecular weight excluding hydrogens is 260 g/mol. The first-order valence-electron chi connectivity index (χ1n) is 8.05. The lowest BCUT2D eigenvalue weighted by Gasteiger charge is -2.53. The van der Waals surface area contributed by atoms with Crippen LogP contribution in [-0.4, -0.2) is 11.6 Å². The lowest BCUT2D eigenvalue weighted by Crippen LogP contribution is -2.50. The van der Waals surface area contributed by atoms with Crippen molar-refractivity contribution in [3.8, 4) is 0 Å². The van der Waals surface area contributed by atoms with E-state index in [1.807, 2.05) is 36.4 Å². The zero-order valence-corrected chi connectivity index (χ0v) is 12.2. The fourth-order valence-electron chi connectivity index (χ4n) is 4.79. The minimum absolute atomic E-state index is 0.00219. The lowest BCUT2D eigenvalue weighted by atomic mass is 9.49. The van der Waals surface area contributed by atoms with E-state index in [0.29, 0.717) is 18.1 Å². The molecule has 108 valence electrons. The summed E-state index contributed by atoms with van der Waals surface area (Å²) >= 11 is 0. The van der Waals surface area contributed by atoms with E-state index in [4.69, 9.17) is 0 Å². The highest BCUT2D eigenvalue weighted by Crippen LogP contribution is 2.59. The van der Waals surface area contributed by atoms with E-state index in [2.05, 4.69) is 0 Å². The third-order valence-corrected chi connectivity index (χ3v) is 5.83. The molecule has 0 heterocycles. The Balaban J connectivity index is 1.79. The maximum Gasteiger partial charge on any atom is 0.189 e. The van der Waals surface area contributed by atoms with Crippen molar-refractivity contribution in [3.63, 3.8) is 0 Å². The van der Waals surface area contributed by atoms with Crippen molar-refractivity contribution in [3.05, 3.63) is 47.5 Å². The van der Waals surface area contributed by atoms with Gasteiger partial charge in [-0.2, -0.15) is 0 Å². The van der Waals surface area contributed by atoms with Gasteiger partial charge in [-0.1, -0.05) is 49.2 Å². The summed E-state index contributed by atoms with van der Waals surface area (Å²) in [6.45, 7) is 0. The summed E-state index contributed by atoms with van der Waals surface area (Å²) in [5, 5.41) is 0. The smallest absolute Gasteiger partial charge is 0.189 e. The molecule has 0 N–H and O–H groups in total. The Hall–Kier alpha value is -1.70. The van der Waals surface area contributed by atoms with Crippen LogP contribution >= 0.6 is 0 Å². The molecule has 2 bridgehead atoms. The fourth-order valence-corrected chi connectivity index (χ4v) is 4.79. The molecule has 0 radical (unpaired) electrons. The van der Waals surface area contributed by atoms with E-state index >= 15 is 0 Å². The molecule has 0 amide bonds. The molecule has 1 spiro atoms. The van der Waals surface area contributed by atoms with Gasteiger partial charge < -0.3 is 0 Å². The van der Waals surface area contributed by atoms with Gasteiger partial charge in [0.1, 0.15) is 5.78 Å². The molecule has 2 saturated carbocycles. The van der Waals surface area contributed by atoms with Crippen molar-refractivity contribution < 1.29 is 9.59 Å². The maximum absolute atomic E-state index is 13.0. The first kappa shape index (κ1) is 13.0. The molecule has 2 heteroatoms. The van der Waals surface area contributed by atoms with Crippen molar-refractivity contribution in [1.29, 1.82) is 0 Å². The van der Waals surface area contributed by atoms with E-state index in [0.717, 1.165) is 30.4 Å². The molecule has 4 aliphatic rings. The van der Waals surface area contributed by atoms with E-state index in [9.17, 15) is 9.59 Å². The summed E-state index contributed by atoms with van der Waals surface area (Å²) < 4.78 is 0. The van der Waals surface area contributed by atoms with Gasteiger partial charge in [-0.3, -0.25) is 9.59 Å². The van der Waals surface area contributed by atoms with Crippen LogP contribution in [0.25, 0.3) is 0 Å². The van der Waals surface area contributed by atoms with Crippen molar-refractivity contribution >= 4 is 11.6 Å². The minimum atomic E-state index is -0.142. The number of allylic oxidation sites excluding steroid dienone is 2. The summed E-state index contributed by atoms with van der Waals surface area (Å²) in [6, 6.07) is 9.54. The van der Waals surface area contributed by atoms with Crippen LogP contribution in [0.5, 0.6) is 0 Å². The first-order valence-corrected chi connectivity index (χ1v) is 8.05. The van der Waals surface area contributed by atoms with Crippen molar-refractivity contribution in [2.45, 2.75) is 38.5 Å². The highest BCUT2D eigenvalue weighted by atomic mass is 16.1. The minimum Gasteiger partial charge on any atom is -0.299 e. The average Bonchev–Trinajstić information content (AvgIpc) is 2.53. The normalized spacial score (nSPS) is 34.3. The first-order chi connectivity index (χ1) is 10.2. The quantitative estimate of drug-likeness (QED) is 0.768. The zero-order valence-electron chi connectivity index (χ0n) is 12.2. The molecule has 5 rings (SSSR count). The van der Waals surface area contributed by atoms with Crippen LogP contribution in [0.2, 0.25) is 0 Å². The third-order valence-electron chi connectivity index (χ3n) is 5.83. The van der Waals surface area contributed by atoms with Crippen molar-refractivity contribution in [1.82, 2.24) is 0 Å². The Labute approximate surface area is 125 Å². The molecule has 4 aliphatic carbocycles. The van der Waals surface area contributed by atoms with Crippen molar-refractivity contribution in [2.75, 3.05) is 0 Å². The summed E-state index contributed by atoms with van der Waals surface area (Å²) in [4.78, 5) is 25.2. The van der Waals surface area contributed by atoms with Crippen LogP contribution in [-0.2, 0) is 4.79 Å². The SMILES string of the molecule is O=C(C1=C[C@H]2C[C@@H]3CCCC[C@@]13CC2=O)c1ccccc1. The molecule has 2 fully saturated rings. The number of fused-ring (bicyclic) bond motifs is 1. The Kier molecular flexibility index (Phi) is 2.88. The lowest BCUT2D eigenvalue weighted by molar-refractivity contribution is -0.131. The summed E-state index contributed by atoms with van der Waals surface area (Å²) in [5.74, 6) is 1.05. The van der Waals surface area contributed by atoms with Gasteiger partial charge in [0.2, 0.25) is 0 Å². The van der Waals surface area contributed by atoms with Crippen LogP contribution < -0.4 is 0 Å². The van der Waals surface area contributed by atoms with Gasteiger partial charge >= 0.3 is 0 Å². The standard InChI is InChI=1S/C19H20O2/c20-17-12-19-9-5-4-8-15(19)10-14(17)11-16(19)18(21)13-6-2-1-3-7-13/h1-3,6-7,11,14-15H,4-5,8-10,12H2/t14-,15+,19+/m1/s1. The van der Waals surface area contributed by atoms with Gasteiger partial charge in [-0.25, -0.2) is 0 Å². The number of hydrogen-bond donors (Lipinski definition) is 0. The number of benzene rings is 1. The van der Waals surface area contributed by atoms with E-state index in [-0.39, 0.29) is 17.1 Å². The van der Waals surface area contributed by atoms with Gasteiger partial charge in [0, 0.05) is 28.9 Å². The molecule has 3 atom stereocenters. The average molecular weight is 280 g/mol. The predicted molar refractivity (Wildman–Crippen MR) is 81.0 cm³/mol. The summed E-state index contributed by atoms with van der Waals surface area (Å²) in [6.07, 6.45) is 8.19. The van der Waals surface area contributed by atoms with Gasteiger partial charge in [0.25, 0.3) is 0 Å². The number of hydrogen-bond acceptors (Lipinski definition) is 2. The van der Waals surface area contributed by atoms with Gasteiger partial charge in [0.05, 0.1) is 0 Å². The number of ketones is 2. The second kappa shape index (κ2) is 4.66. The molecule has 2 nitrogen and oxygen atoms in total. The summed E-state index contributed by atoms with van der Waals surface area (Å²) in [7, 11) is 0. The molecule has 1 aromatic carbocycles. The van der Waals surface area contributed by atoms with Crippen LogP contribution in [0.1, 0.15) is 48.9 Å². The largest absolute Gasteiger partial charge is 0.299 e. The number of carbonyl (C=O) groups is 2. The molecule has 0 saturated heterocycles. The highest BCUT2D eigenvalue weighted by Gasteiger charge is 2.55. The third kappa shape index (κ3) is 1.85. The monoisotopic (exact) mass is 280 g/mol. The Morgan fingerprint density at radius 3 is 2.76 bits per heavy atom. The Morgan fingerprint density at radius 1 is 1.14 bits per heavy atom. The molecule has 21 heavy (non-hydrogen) atoms. The number of carbonyl (C=O) groups excluding carboxylic acids is 2. The van der Waals surface area contributed by atoms with E-state index in [1.54, 1.807) is 0 Å². The maximum atomic E-state index is 13.0. The molecule has 0 aliphatic heterocycles. The molecule has 0 unspecified atom stereocenters. The van der Waals surface area contributed by atoms with Gasteiger partial charge in [-0.15, -0.1) is 0 Å². The Morgan fingerprint density at radius 2 is 1.95 bits per heavy atom.